The topological polar surface area (TPSA) is 29.5 Å². The Labute approximate surface area is 56.6 Å². The maximum atomic E-state index is 11.6. The van der Waals surface area contributed by atoms with Gasteiger partial charge in [0.15, 0.2) is 6.10 Å². The highest BCUT2D eigenvalue weighted by molar-refractivity contribution is 4.64. The number of halogens is 3. The van der Waals surface area contributed by atoms with E-state index in [0.29, 0.717) is 0 Å². The van der Waals surface area contributed by atoms with Crippen molar-refractivity contribution in [3.63, 3.8) is 0 Å². The first-order valence-corrected chi connectivity index (χ1v) is 2.81. The fraction of sp³-hybridized carbons (Fsp3) is 1.00. The van der Waals surface area contributed by atoms with Crippen molar-refractivity contribution < 1.29 is 23.0 Å². The fourth-order valence-corrected chi connectivity index (χ4v) is 0.452. The molecule has 0 aromatic rings. The molecule has 1 atom stereocenters. The minimum atomic E-state index is -4.45. The van der Waals surface area contributed by atoms with Crippen LogP contribution in [0.2, 0.25) is 0 Å². The van der Waals surface area contributed by atoms with Crippen molar-refractivity contribution in [1.82, 2.24) is 0 Å². The van der Waals surface area contributed by atoms with E-state index in [1.165, 1.54) is 6.92 Å². The standard InChI is InChI=1S/C5H9F3O2/c1-2-10-4(3-9)5(6,7)8/h4,9H,2-3H2,1H3. The van der Waals surface area contributed by atoms with Gasteiger partial charge in [0.05, 0.1) is 6.61 Å². The Morgan fingerprint density at radius 1 is 1.50 bits per heavy atom. The normalized spacial score (nSPS) is 15.3. The number of hydrogen-bond acceptors (Lipinski definition) is 2. The van der Waals surface area contributed by atoms with Crippen molar-refractivity contribution in [2.75, 3.05) is 13.2 Å². The van der Waals surface area contributed by atoms with E-state index in [-0.39, 0.29) is 6.61 Å². The zero-order chi connectivity index (χ0) is 8.20. The second-order valence-corrected chi connectivity index (χ2v) is 1.67. The first kappa shape index (κ1) is 9.71. The molecule has 0 heterocycles. The summed E-state index contributed by atoms with van der Waals surface area (Å²) in [6.07, 6.45) is -6.48. The summed E-state index contributed by atoms with van der Waals surface area (Å²) in [7, 11) is 0. The molecule has 0 saturated heterocycles. The Morgan fingerprint density at radius 3 is 2.10 bits per heavy atom. The Morgan fingerprint density at radius 2 is 2.00 bits per heavy atom. The molecule has 0 aromatic heterocycles. The predicted molar refractivity (Wildman–Crippen MR) is 28.6 cm³/mol. The molecular weight excluding hydrogens is 149 g/mol. The molecule has 62 valence electrons. The van der Waals surface area contributed by atoms with Gasteiger partial charge in [0.2, 0.25) is 0 Å². The van der Waals surface area contributed by atoms with Crippen LogP contribution in [0.5, 0.6) is 0 Å². The monoisotopic (exact) mass is 158 g/mol. The van der Waals surface area contributed by atoms with Gasteiger partial charge in [0.25, 0.3) is 0 Å². The molecule has 1 N–H and O–H groups in total. The Bertz CT molecular complexity index is 91.4. The average Bonchev–Trinajstić information content (AvgIpc) is 1.80. The lowest BCUT2D eigenvalue weighted by molar-refractivity contribution is -0.228. The molecule has 0 bridgehead atoms. The number of alkyl halides is 3. The van der Waals surface area contributed by atoms with Gasteiger partial charge in [-0.15, -0.1) is 0 Å². The second kappa shape index (κ2) is 3.78. The zero-order valence-electron chi connectivity index (χ0n) is 5.48. The summed E-state index contributed by atoms with van der Waals surface area (Å²) < 4.78 is 39.0. The van der Waals surface area contributed by atoms with E-state index < -0.39 is 18.9 Å². The summed E-state index contributed by atoms with van der Waals surface area (Å²) in [4.78, 5) is 0. The molecule has 0 saturated carbocycles. The van der Waals surface area contributed by atoms with Gasteiger partial charge in [-0.3, -0.25) is 0 Å². The van der Waals surface area contributed by atoms with Gasteiger partial charge in [0.1, 0.15) is 0 Å². The van der Waals surface area contributed by atoms with Crippen molar-refractivity contribution >= 4 is 0 Å². The van der Waals surface area contributed by atoms with Crippen LogP contribution < -0.4 is 0 Å². The zero-order valence-corrected chi connectivity index (χ0v) is 5.48. The van der Waals surface area contributed by atoms with Crippen LogP contribution in [0.15, 0.2) is 0 Å². The van der Waals surface area contributed by atoms with Crippen molar-refractivity contribution in [3.8, 4) is 0 Å². The maximum absolute atomic E-state index is 11.6. The summed E-state index contributed by atoms with van der Waals surface area (Å²) in [5.41, 5.74) is 0. The van der Waals surface area contributed by atoms with Crippen LogP contribution in [-0.4, -0.2) is 30.6 Å². The van der Waals surface area contributed by atoms with Gasteiger partial charge in [-0.25, -0.2) is 0 Å². The van der Waals surface area contributed by atoms with E-state index in [2.05, 4.69) is 4.74 Å². The lowest BCUT2D eigenvalue weighted by Gasteiger charge is -2.16. The molecule has 2 nitrogen and oxygen atoms in total. The molecule has 0 fully saturated rings. The summed E-state index contributed by atoms with van der Waals surface area (Å²) in [5.74, 6) is 0. The minimum absolute atomic E-state index is 0.0509. The maximum Gasteiger partial charge on any atom is 0.416 e. The highest BCUT2D eigenvalue weighted by atomic mass is 19.4. The molecule has 1 unspecified atom stereocenters. The first-order chi connectivity index (χ1) is 4.52. The van der Waals surface area contributed by atoms with Crippen LogP contribution >= 0.6 is 0 Å². The number of aliphatic hydroxyl groups excluding tert-OH is 1. The molecule has 0 aromatic carbocycles. The Hall–Kier alpha value is -0.290. The molecule has 0 aliphatic carbocycles. The lowest BCUT2D eigenvalue weighted by Crippen LogP contribution is -2.34. The van der Waals surface area contributed by atoms with E-state index in [1.807, 2.05) is 0 Å². The van der Waals surface area contributed by atoms with E-state index in [4.69, 9.17) is 5.11 Å². The van der Waals surface area contributed by atoms with Crippen LogP contribution in [0.3, 0.4) is 0 Å². The van der Waals surface area contributed by atoms with Gasteiger partial charge in [-0.05, 0) is 6.92 Å². The van der Waals surface area contributed by atoms with Gasteiger partial charge < -0.3 is 9.84 Å². The van der Waals surface area contributed by atoms with Crippen molar-refractivity contribution in [2.24, 2.45) is 0 Å². The molecule has 0 amide bonds. The highest BCUT2D eigenvalue weighted by Crippen LogP contribution is 2.21. The SMILES string of the molecule is CCOC(CO)C(F)(F)F. The minimum Gasteiger partial charge on any atom is -0.393 e. The molecular formula is C5H9F3O2. The third-order valence-electron chi connectivity index (χ3n) is 0.899. The van der Waals surface area contributed by atoms with E-state index >= 15 is 0 Å². The van der Waals surface area contributed by atoms with Crippen molar-refractivity contribution in [1.29, 1.82) is 0 Å². The van der Waals surface area contributed by atoms with Gasteiger partial charge in [-0.2, -0.15) is 13.2 Å². The van der Waals surface area contributed by atoms with E-state index in [9.17, 15) is 13.2 Å². The lowest BCUT2D eigenvalue weighted by atomic mass is 10.4. The van der Waals surface area contributed by atoms with E-state index in [1.54, 1.807) is 0 Å². The molecule has 0 aliphatic rings. The quantitative estimate of drug-likeness (QED) is 0.662. The molecule has 5 heteroatoms. The largest absolute Gasteiger partial charge is 0.416 e. The van der Waals surface area contributed by atoms with E-state index in [0.717, 1.165) is 0 Å². The molecule has 0 radical (unpaired) electrons. The van der Waals surface area contributed by atoms with Gasteiger partial charge >= 0.3 is 6.18 Å². The number of ether oxygens (including phenoxy) is 1. The number of rotatable bonds is 3. The molecule has 0 aliphatic heterocycles. The Kier molecular flexibility index (Phi) is 3.67. The summed E-state index contributed by atoms with van der Waals surface area (Å²) in [6, 6.07) is 0. The third kappa shape index (κ3) is 3.03. The fourth-order valence-electron chi connectivity index (χ4n) is 0.452. The van der Waals surface area contributed by atoms with Crippen LogP contribution in [0.1, 0.15) is 6.92 Å². The number of aliphatic hydroxyl groups is 1. The van der Waals surface area contributed by atoms with Crippen LogP contribution in [0.4, 0.5) is 13.2 Å². The van der Waals surface area contributed by atoms with Crippen molar-refractivity contribution in [2.45, 2.75) is 19.2 Å². The molecule has 0 spiro atoms. The Balaban J connectivity index is 3.81. The van der Waals surface area contributed by atoms with Crippen molar-refractivity contribution in [3.05, 3.63) is 0 Å². The van der Waals surface area contributed by atoms with Crippen LogP contribution in [0, 0.1) is 0 Å². The number of hydrogen-bond donors (Lipinski definition) is 1. The summed E-state index contributed by atoms with van der Waals surface area (Å²) in [5, 5.41) is 8.15. The second-order valence-electron chi connectivity index (χ2n) is 1.67. The van der Waals surface area contributed by atoms with Gasteiger partial charge in [-0.1, -0.05) is 0 Å². The molecule has 0 rings (SSSR count). The van der Waals surface area contributed by atoms with Gasteiger partial charge in [0, 0.05) is 6.61 Å². The third-order valence-corrected chi connectivity index (χ3v) is 0.899. The smallest absolute Gasteiger partial charge is 0.393 e. The molecule has 10 heavy (non-hydrogen) atoms. The highest BCUT2D eigenvalue weighted by Gasteiger charge is 2.39. The average molecular weight is 158 g/mol. The summed E-state index contributed by atoms with van der Waals surface area (Å²) in [6.45, 7) is 0.372. The van der Waals surface area contributed by atoms with Crippen LogP contribution in [-0.2, 0) is 4.74 Å². The summed E-state index contributed by atoms with van der Waals surface area (Å²) >= 11 is 0. The van der Waals surface area contributed by atoms with Crippen LogP contribution in [0.25, 0.3) is 0 Å². The first-order valence-electron chi connectivity index (χ1n) is 2.81. The predicted octanol–water partition coefficient (Wildman–Crippen LogP) is 0.946.